The monoisotopic (exact) mass is 318 g/mol. The number of benzene rings is 1. The standard InChI is InChI=1S/C19H18N4O/c1-12(2)11-15-17-18(24)13-7-3-4-8-14(13)21-19(17)23(22-15)16-9-5-6-10-20-16/h3-10,12H,11H2,1-2H3,(H,21,24). The van der Waals surface area contributed by atoms with Gasteiger partial charge in [0.05, 0.1) is 16.6 Å². The van der Waals surface area contributed by atoms with E-state index in [0.717, 1.165) is 17.6 Å². The van der Waals surface area contributed by atoms with Crippen LogP contribution in [0.25, 0.3) is 27.8 Å². The van der Waals surface area contributed by atoms with E-state index in [4.69, 9.17) is 5.10 Å². The van der Waals surface area contributed by atoms with Crippen LogP contribution in [0.2, 0.25) is 0 Å². The Hall–Kier alpha value is -2.95. The summed E-state index contributed by atoms with van der Waals surface area (Å²) in [7, 11) is 0. The lowest BCUT2D eigenvalue weighted by Crippen LogP contribution is -2.06. The molecule has 0 saturated heterocycles. The Bertz CT molecular complexity index is 1080. The predicted molar refractivity (Wildman–Crippen MR) is 95.5 cm³/mol. The fourth-order valence-corrected chi connectivity index (χ4v) is 3.04. The Morgan fingerprint density at radius 1 is 1.12 bits per heavy atom. The lowest BCUT2D eigenvalue weighted by molar-refractivity contribution is 0.630. The van der Waals surface area contributed by atoms with E-state index in [1.165, 1.54) is 0 Å². The lowest BCUT2D eigenvalue weighted by atomic mass is 10.0. The summed E-state index contributed by atoms with van der Waals surface area (Å²) >= 11 is 0. The third-order valence-electron chi connectivity index (χ3n) is 4.08. The highest BCUT2D eigenvalue weighted by Gasteiger charge is 2.18. The van der Waals surface area contributed by atoms with E-state index in [1.54, 1.807) is 10.9 Å². The molecule has 0 fully saturated rings. The Labute approximate surface area is 139 Å². The maximum atomic E-state index is 13.0. The second kappa shape index (κ2) is 5.60. The van der Waals surface area contributed by atoms with Gasteiger partial charge >= 0.3 is 0 Å². The summed E-state index contributed by atoms with van der Waals surface area (Å²) in [6.07, 6.45) is 2.47. The minimum atomic E-state index is 0.0252. The summed E-state index contributed by atoms with van der Waals surface area (Å²) in [6, 6.07) is 13.2. The van der Waals surface area contributed by atoms with Crippen LogP contribution in [0.4, 0.5) is 0 Å². The zero-order chi connectivity index (χ0) is 16.7. The molecule has 0 atom stereocenters. The van der Waals surface area contributed by atoms with Crippen molar-refractivity contribution in [2.45, 2.75) is 20.3 Å². The highest BCUT2D eigenvalue weighted by molar-refractivity contribution is 5.92. The number of nitrogens with one attached hydrogen (secondary N) is 1. The van der Waals surface area contributed by atoms with E-state index in [9.17, 15) is 4.79 Å². The van der Waals surface area contributed by atoms with Crippen LogP contribution in [0.15, 0.2) is 53.5 Å². The van der Waals surface area contributed by atoms with Crippen molar-refractivity contribution in [1.82, 2.24) is 19.7 Å². The minimum Gasteiger partial charge on any atom is -0.339 e. The van der Waals surface area contributed by atoms with Crippen molar-refractivity contribution in [2.24, 2.45) is 5.92 Å². The average Bonchev–Trinajstić information content (AvgIpc) is 2.94. The topological polar surface area (TPSA) is 63.6 Å². The Balaban J connectivity index is 2.12. The zero-order valence-corrected chi connectivity index (χ0v) is 13.7. The molecule has 5 heteroatoms. The van der Waals surface area contributed by atoms with Gasteiger partial charge in [-0.25, -0.2) is 4.98 Å². The number of aromatic nitrogens is 4. The molecule has 3 aromatic heterocycles. The molecule has 0 aliphatic rings. The van der Waals surface area contributed by atoms with Crippen LogP contribution >= 0.6 is 0 Å². The van der Waals surface area contributed by atoms with Gasteiger partial charge in [0.25, 0.3) is 0 Å². The third-order valence-corrected chi connectivity index (χ3v) is 4.08. The fraction of sp³-hybridized carbons (Fsp3) is 0.211. The van der Waals surface area contributed by atoms with Gasteiger partial charge in [0.2, 0.25) is 5.43 Å². The number of para-hydroxylation sites is 1. The molecule has 0 aliphatic heterocycles. The Morgan fingerprint density at radius 2 is 1.92 bits per heavy atom. The molecule has 0 saturated carbocycles. The molecule has 3 heterocycles. The first-order valence-corrected chi connectivity index (χ1v) is 8.09. The number of rotatable bonds is 3. The maximum absolute atomic E-state index is 13.0. The molecule has 0 amide bonds. The quantitative estimate of drug-likeness (QED) is 0.629. The summed E-state index contributed by atoms with van der Waals surface area (Å²) in [6.45, 7) is 4.25. The summed E-state index contributed by atoms with van der Waals surface area (Å²) in [5.74, 6) is 1.11. The molecule has 5 nitrogen and oxygen atoms in total. The largest absolute Gasteiger partial charge is 0.339 e. The molecule has 1 N–H and O–H groups in total. The van der Waals surface area contributed by atoms with Gasteiger partial charge in [-0.05, 0) is 36.6 Å². The maximum Gasteiger partial charge on any atom is 0.200 e. The number of hydrogen-bond donors (Lipinski definition) is 1. The normalized spacial score (nSPS) is 11.6. The van der Waals surface area contributed by atoms with Gasteiger partial charge in [-0.15, -0.1) is 0 Å². The second-order valence-electron chi connectivity index (χ2n) is 6.37. The Morgan fingerprint density at radius 3 is 2.67 bits per heavy atom. The van der Waals surface area contributed by atoms with Crippen molar-refractivity contribution in [3.63, 3.8) is 0 Å². The summed E-state index contributed by atoms with van der Waals surface area (Å²) in [5.41, 5.74) is 2.35. The van der Waals surface area contributed by atoms with Crippen LogP contribution in [0.5, 0.6) is 0 Å². The number of fused-ring (bicyclic) bond motifs is 2. The van der Waals surface area contributed by atoms with Crippen LogP contribution in [0, 0.1) is 5.92 Å². The summed E-state index contributed by atoms with van der Waals surface area (Å²) in [4.78, 5) is 20.8. The van der Waals surface area contributed by atoms with Crippen LogP contribution in [0.3, 0.4) is 0 Å². The van der Waals surface area contributed by atoms with Gasteiger partial charge in [0.1, 0.15) is 5.65 Å². The molecular formula is C19H18N4O. The molecule has 0 unspecified atom stereocenters. The molecule has 0 bridgehead atoms. The highest BCUT2D eigenvalue weighted by atomic mass is 16.1. The molecule has 0 spiro atoms. The highest BCUT2D eigenvalue weighted by Crippen LogP contribution is 2.22. The second-order valence-corrected chi connectivity index (χ2v) is 6.37. The van der Waals surface area contributed by atoms with Crippen molar-refractivity contribution in [3.05, 3.63) is 64.6 Å². The Kier molecular flexibility index (Phi) is 3.41. The molecule has 24 heavy (non-hydrogen) atoms. The number of pyridine rings is 2. The number of aromatic amines is 1. The molecule has 4 rings (SSSR count). The van der Waals surface area contributed by atoms with E-state index < -0.39 is 0 Å². The number of H-pyrrole nitrogens is 1. The third kappa shape index (κ3) is 2.29. The molecular weight excluding hydrogens is 300 g/mol. The average molecular weight is 318 g/mol. The summed E-state index contributed by atoms with van der Waals surface area (Å²) < 4.78 is 1.74. The van der Waals surface area contributed by atoms with Crippen LogP contribution in [-0.2, 0) is 6.42 Å². The van der Waals surface area contributed by atoms with Gasteiger partial charge in [0, 0.05) is 11.6 Å². The van der Waals surface area contributed by atoms with E-state index >= 15 is 0 Å². The van der Waals surface area contributed by atoms with Crippen molar-refractivity contribution >= 4 is 21.9 Å². The SMILES string of the molecule is CC(C)Cc1nn(-c2ccccn2)c2[nH]c3ccccc3c(=O)c12. The van der Waals surface area contributed by atoms with E-state index in [2.05, 4.69) is 23.8 Å². The zero-order valence-electron chi connectivity index (χ0n) is 13.7. The van der Waals surface area contributed by atoms with E-state index in [1.807, 2.05) is 42.5 Å². The summed E-state index contributed by atoms with van der Waals surface area (Å²) in [5, 5.41) is 6.06. The van der Waals surface area contributed by atoms with Crippen LogP contribution in [0.1, 0.15) is 19.5 Å². The fourth-order valence-electron chi connectivity index (χ4n) is 3.04. The molecule has 1 aromatic carbocycles. The van der Waals surface area contributed by atoms with Gasteiger partial charge in [-0.2, -0.15) is 9.78 Å². The first-order chi connectivity index (χ1) is 11.6. The first-order valence-electron chi connectivity index (χ1n) is 8.09. The number of nitrogens with zero attached hydrogens (tertiary/aromatic N) is 3. The van der Waals surface area contributed by atoms with Crippen molar-refractivity contribution < 1.29 is 0 Å². The first kappa shape index (κ1) is 14.6. The van der Waals surface area contributed by atoms with Gasteiger partial charge in [-0.3, -0.25) is 4.79 Å². The molecule has 4 aromatic rings. The van der Waals surface area contributed by atoms with Crippen molar-refractivity contribution in [1.29, 1.82) is 0 Å². The smallest absolute Gasteiger partial charge is 0.200 e. The molecule has 0 radical (unpaired) electrons. The van der Waals surface area contributed by atoms with Crippen molar-refractivity contribution in [3.8, 4) is 5.82 Å². The minimum absolute atomic E-state index is 0.0252. The lowest BCUT2D eigenvalue weighted by Gasteiger charge is -2.03. The van der Waals surface area contributed by atoms with Gasteiger partial charge < -0.3 is 4.98 Å². The van der Waals surface area contributed by atoms with Gasteiger partial charge in [-0.1, -0.05) is 32.0 Å². The van der Waals surface area contributed by atoms with Crippen molar-refractivity contribution in [2.75, 3.05) is 0 Å². The van der Waals surface area contributed by atoms with E-state index in [-0.39, 0.29) is 5.43 Å². The molecule has 120 valence electrons. The number of hydrogen-bond acceptors (Lipinski definition) is 3. The van der Waals surface area contributed by atoms with E-state index in [0.29, 0.717) is 28.2 Å². The molecule has 0 aliphatic carbocycles. The van der Waals surface area contributed by atoms with Crippen LogP contribution in [-0.4, -0.2) is 19.7 Å². The van der Waals surface area contributed by atoms with Gasteiger partial charge in [0.15, 0.2) is 5.82 Å². The predicted octanol–water partition coefficient (Wildman–Crippen LogP) is 3.46. The van der Waals surface area contributed by atoms with Crippen LogP contribution < -0.4 is 5.43 Å².